The summed E-state index contributed by atoms with van der Waals surface area (Å²) < 4.78 is 240. The molecule has 0 aliphatic carbocycles. The lowest BCUT2D eigenvalue weighted by Crippen LogP contribution is -2.49. The number of para-hydroxylation sites is 1. The van der Waals surface area contributed by atoms with Gasteiger partial charge in [0.15, 0.2) is 0 Å². The third-order valence-corrected chi connectivity index (χ3v) is 18.7. The minimum absolute atomic E-state index is 0.00195. The average molecular weight is 1840 g/mol. The third kappa shape index (κ3) is 27.4. The van der Waals surface area contributed by atoms with Gasteiger partial charge in [-0.2, -0.15) is 0 Å². The number of carbonyl (C=O) groups is 3. The fourth-order valence-corrected chi connectivity index (χ4v) is 12.8. The second-order valence-corrected chi connectivity index (χ2v) is 28.0. The molecule has 0 unspecified atom stereocenters. The molecule has 0 bridgehead atoms. The summed E-state index contributed by atoms with van der Waals surface area (Å²) in [7, 11) is 0. The number of rotatable bonds is 22. The van der Waals surface area contributed by atoms with Crippen molar-refractivity contribution in [2.75, 3.05) is 43.4 Å². The first kappa shape index (κ1) is 95.0. The number of nitrogens with zero attached hydrogens (tertiary/aromatic N) is 5. The predicted octanol–water partition coefficient (Wildman–Crippen LogP) is 20.5. The molecule has 22 nitrogen and oxygen atoms in total. The van der Waals surface area contributed by atoms with Crippen molar-refractivity contribution in [3.8, 4) is 108 Å². The molecule has 5 heterocycles. The molecule has 0 radical (unpaired) electrons. The van der Waals surface area contributed by atoms with Crippen molar-refractivity contribution in [1.82, 2.24) is 28.5 Å². The van der Waals surface area contributed by atoms with Crippen molar-refractivity contribution in [3.05, 3.63) is 374 Å². The molecule has 10 aromatic carbocycles. The Morgan fingerprint density at radius 3 is 1.04 bits per heavy atom. The summed E-state index contributed by atoms with van der Waals surface area (Å²) in [5.74, 6) is -2.97. The second-order valence-electron chi connectivity index (χ2n) is 28.0. The van der Waals surface area contributed by atoms with Gasteiger partial charge in [0, 0.05) is 114 Å². The number of aromatic nitrogens is 4. The number of benzene rings is 10. The average Bonchev–Trinajstić information content (AvgIpc) is 0.802. The van der Waals surface area contributed by atoms with Crippen LogP contribution in [0.4, 0.5) is 86.4 Å². The van der Waals surface area contributed by atoms with Gasteiger partial charge in [0.1, 0.15) is 76.7 Å². The molecule has 3 N–H and O–H groups in total. The van der Waals surface area contributed by atoms with Gasteiger partial charge in [-0.05, 0) is 186 Å². The molecule has 3 amide bonds. The van der Waals surface area contributed by atoms with Crippen molar-refractivity contribution in [2.45, 2.75) is 39.0 Å². The number of anilines is 2. The van der Waals surface area contributed by atoms with Crippen molar-refractivity contribution in [3.63, 3.8) is 0 Å². The van der Waals surface area contributed by atoms with Crippen LogP contribution in [0.3, 0.4) is 0 Å². The summed E-state index contributed by atoms with van der Waals surface area (Å²) in [5, 5.41) is 8.07. The van der Waals surface area contributed by atoms with E-state index in [0.717, 1.165) is 60.2 Å². The summed E-state index contributed by atoms with van der Waals surface area (Å²) in [4.78, 5) is 88.5. The van der Waals surface area contributed by atoms with Gasteiger partial charge in [-0.25, -0.2) is 22.4 Å². The molecule has 1 aliphatic rings. The zero-order valence-electron chi connectivity index (χ0n) is 68.1. The van der Waals surface area contributed by atoms with Crippen LogP contribution in [0.1, 0.15) is 12.5 Å². The fraction of sp³-hybridized carbons (Fsp3) is 0.117. The van der Waals surface area contributed by atoms with Crippen LogP contribution >= 0.6 is 0 Å². The van der Waals surface area contributed by atoms with E-state index in [9.17, 15) is 104 Å². The number of hydrogen-bond acceptors (Lipinski definition) is 15. The molecule has 1 aliphatic heterocycles. The molecule has 1 saturated heterocycles. The Balaban J connectivity index is 0.000000159. The van der Waals surface area contributed by atoms with Crippen LogP contribution in [0.2, 0.25) is 0 Å². The third-order valence-electron chi connectivity index (χ3n) is 18.7. The van der Waals surface area contributed by atoms with E-state index < -0.39 is 106 Å². The van der Waals surface area contributed by atoms with Crippen LogP contribution < -0.4 is 66.6 Å². The van der Waals surface area contributed by atoms with E-state index in [1.165, 1.54) is 214 Å². The standard InChI is InChI=1S/C26H18F4N2O4.C24H21F4N3O4.C24H15F4NO3.C20H14F4N2O3/c27-19-8-6-18(7-9-19)22-15-32(20-10-12-21(13-11-20)36-26(28,29)30)24(33)14-23(22)31-25(34)35-16-17-4-2-1-3-5-17;25-17-3-1-16(2-4-17)20-15-31(18-5-7-19(8-6-18)35-24(26,27)28)22(32)13-21(20)34-12-11-30-10-9-29-14-23(30)33;25-17-8-6-16(7-9-17)21-15-29(18-10-12-20(13-11-18)32-24(26,27)28)23(30)14-22(21)31-19-4-2-1-3-5-19;1-12(27)25-18-10-19(28)26(11-17(18)13-2-4-14(21)5-3-13)15-6-8-16(9-7-15)29-20(22,23)24/h1-15H,16H2,(H,31,34);1-8,13,15,29H,9-12,14H2;1-15H;2-11H,1H3,(H,25,27). The smallest absolute Gasteiger partial charge is 0.491 e. The summed E-state index contributed by atoms with van der Waals surface area (Å²) in [6.45, 7) is 3.21. The van der Waals surface area contributed by atoms with Gasteiger partial charge in [-0.3, -0.25) is 52.4 Å². The molecule has 0 atom stereocenters. The molecule has 1 fully saturated rings. The Labute approximate surface area is 736 Å². The van der Waals surface area contributed by atoms with E-state index in [1.54, 1.807) is 53.4 Å². The lowest BCUT2D eigenvalue weighted by Gasteiger charge is -2.27. The first-order chi connectivity index (χ1) is 62.8. The molecular weight excluding hydrogens is 1770 g/mol. The maximum atomic E-state index is 13.5. The van der Waals surface area contributed by atoms with Crippen molar-refractivity contribution >= 4 is 29.3 Å². The van der Waals surface area contributed by atoms with Gasteiger partial charge in [0.25, 0.3) is 22.2 Å². The van der Waals surface area contributed by atoms with Crippen LogP contribution in [0.25, 0.3) is 67.3 Å². The summed E-state index contributed by atoms with van der Waals surface area (Å²) in [5.41, 5.74) is 4.05. The minimum atomic E-state index is -4.85. The normalized spacial score (nSPS) is 12.0. The molecular formula is C94H68F16N8O14. The number of carbonyl (C=O) groups excluding carboxylic acids is 3. The molecule has 14 aromatic rings. The Bertz CT molecular complexity index is 6590. The minimum Gasteiger partial charge on any atom is -0.491 e. The predicted molar refractivity (Wildman–Crippen MR) is 452 cm³/mol. The highest BCUT2D eigenvalue weighted by molar-refractivity contribution is 5.94. The summed E-state index contributed by atoms with van der Waals surface area (Å²) in [6, 6.07) is 63.7. The largest absolute Gasteiger partial charge is 0.573 e. The Morgan fingerprint density at radius 2 is 0.689 bits per heavy atom. The fourth-order valence-electron chi connectivity index (χ4n) is 12.8. The van der Waals surface area contributed by atoms with E-state index >= 15 is 0 Å². The molecule has 0 spiro atoms. The van der Waals surface area contributed by atoms with Gasteiger partial charge in [-0.1, -0.05) is 97.1 Å². The number of nitrogens with one attached hydrogen (secondary N) is 3. The molecule has 4 aromatic heterocycles. The van der Waals surface area contributed by atoms with Crippen LogP contribution in [0, 0.1) is 23.3 Å². The quantitative estimate of drug-likeness (QED) is 0.0534. The van der Waals surface area contributed by atoms with E-state index in [1.807, 2.05) is 12.1 Å². The lowest BCUT2D eigenvalue weighted by atomic mass is 10.1. The highest BCUT2D eigenvalue weighted by atomic mass is 19.4. The summed E-state index contributed by atoms with van der Waals surface area (Å²) >= 11 is 0. The molecule has 0 saturated carbocycles. The monoisotopic (exact) mass is 1840 g/mol. The molecule has 680 valence electrons. The first-order valence-corrected chi connectivity index (χ1v) is 38.9. The number of piperazine rings is 1. The van der Waals surface area contributed by atoms with Crippen molar-refractivity contribution < 1.29 is 118 Å². The van der Waals surface area contributed by atoms with Crippen LogP contribution in [0.5, 0.6) is 40.2 Å². The topological polar surface area (TPSA) is 243 Å². The second kappa shape index (κ2) is 42.2. The maximum absolute atomic E-state index is 13.5. The first-order valence-electron chi connectivity index (χ1n) is 38.9. The Morgan fingerprint density at radius 1 is 0.371 bits per heavy atom. The zero-order chi connectivity index (χ0) is 94.6. The zero-order valence-corrected chi connectivity index (χ0v) is 68.1. The number of hydrogen-bond donors (Lipinski definition) is 3. The highest BCUT2D eigenvalue weighted by Gasteiger charge is 2.34. The van der Waals surface area contributed by atoms with E-state index in [0.29, 0.717) is 81.3 Å². The lowest BCUT2D eigenvalue weighted by molar-refractivity contribution is -0.275. The maximum Gasteiger partial charge on any atom is 0.573 e. The number of amides is 3. The molecule has 38 heteroatoms. The van der Waals surface area contributed by atoms with Crippen LogP contribution in [-0.2, 0) is 20.9 Å². The van der Waals surface area contributed by atoms with Crippen LogP contribution in [0.15, 0.2) is 323 Å². The summed E-state index contributed by atoms with van der Waals surface area (Å²) in [6.07, 6.45) is -14.4. The number of pyridine rings is 4. The number of halogens is 16. The van der Waals surface area contributed by atoms with Crippen molar-refractivity contribution in [1.29, 1.82) is 0 Å². The SMILES string of the molecule is CC(=O)Nc1cc(=O)n(-c2ccc(OC(F)(F)F)cc2)cc1-c1ccc(F)cc1.O=C(Nc1cc(=O)n(-c2ccc(OC(F)(F)F)cc2)cc1-c1ccc(F)cc1)OCc1ccccc1.O=C1CNCCN1CCOc1cc(=O)n(-c2ccc(OC(F)(F)F)cc2)cc1-c1ccc(F)cc1.O=c1cc(Oc2ccccc2)c(-c2ccc(F)cc2)cn1-c1ccc(OC(F)(F)F)cc1. The van der Waals surface area contributed by atoms with Gasteiger partial charge >= 0.3 is 31.5 Å². The Kier molecular flexibility index (Phi) is 30.4. The highest BCUT2D eigenvalue weighted by Crippen LogP contribution is 2.37. The van der Waals surface area contributed by atoms with Crippen LogP contribution in [-0.4, -0.2) is 99.3 Å². The number of alkyl halides is 12. The van der Waals surface area contributed by atoms with Gasteiger partial charge in [-0.15, -0.1) is 52.7 Å². The van der Waals surface area contributed by atoms with E-state index in [-0.39, 0.29) is 59.9 Å². The van der Waals surface area contributed by atoms with Crippen molar-refractivity contribution in [2.24, 2.45) is 0 Å². The van der Waals surface area contributed by atoms with Gasteiger partial charge in [0.2, 0.25) is 11.8 Å². The molecule has 15 rings (SSSR count). The van der Waals surface area contributed by atoms with Gasteiger partial charge < -0.3 is 48.7 Å². The number of ether oxygens (including phenoxy) is 7. The molecule has 132 heavy (non-hydrogen) atoms. The van der Waals surface area contributed by atoms with E-state index in [2.05, 4.69) is 34.9 Å². The van der Waals surface area contributed by atoms with Gasteiger partial charge in [0.05, 0.1) is 24.5 Å². The Hall–Kier alpha value is -16.2. The van der Waals surface area contributed by atoms with E-state index in [4.69, 9.17) is 14.2 Å².